The number of hydrogen-bond donors (Lipinski definition) is 1. The monoisotopic (exact) mass is 273 g/mol. The van der Waals surface area contributed by atoms with E-state index in [1.165, 1.54) is 12.1 Å². The molecule has 0 bridgehead atoms. The highest BCUT2D eigenvalue weighted by Crippen LogP contribution is 2.25. The van der Waals surface area contributed by atoms with Crippen molar-refractivity contribution in [3.05, 3.63) is 46.5 Å². The van der Waals surface area contributed by atoms with Gasteiger partial charge in [0.15, 0.2) is 0 Å². The summed E-state index contributed by atoms with van der Waals surface area (Å²) in [7, 11) is 0. The van der Waals surface area contributed by atoms with Crippen LogP contribution >= 0.6 is 0 Å². The van der Waals surface area contributed by atoms with Crippen molar-refractivity contribution in [2.24, 2.45) is 0 Å². The summed E-state index contributed by atoms with van der Waals surface area (Å²) in [5.74, 6) is 0.884. The summed E-state index contributed by atoms with van der Waals surface area (Å²) in [4.78, 5) is 14.4. The van der Waals surface area contributed by atoms with Gasteiger partial charge >= 0.3 is 0 Å². The lowest BCUT2D eigenvalue weighted by Gasteiger charge is -2.06. The van der Waals surface area contributed by atoms with Crippen molar-refractivity contribution in [2.75, 3.05) is 12.3 Å². The first-order valence-electron chi connectivity index (χ1n) is 6.25. The van der Waals surface area contributed by atoms with Crippen molar-refractivity contribution in [2.45, 2.75) is 13.3 Å². The molecular formula is C14H15N3O3. The van der Waals surface area contributed by atoms with E-state index < -0.39 is 4.92 Å². The minimum absolute atomic E-state index is 0.0705. The van der Waals surface area contributed by atoms with Crippen LogP contribution in [-0.2, 0) is 0 Å². The predicted octanol–water partition coefficient (Wildman–Crippen LogP) is 3.03. The molecule has 0 aliphatic carbocycles. The van der Waals surface area contributed by atoms with Crippen LogP contribution in [0, 0.1) is 10.1 Å². The average molecular weight is 273 g/mol. The summed E-state index contributed by atoms with van der Waals surface area (Å²) >= 11 is 0. The molecule has 1 heterocycles. The lowest BCUT2D eigenvalue weighted by molar-refractivity contribution is -0.384. The van der Waals surface area contributed by atoms with Gasteiger partial charge in [0.05, 0.1) is 23.3 Å². The van der Waals surface area contributed by atoms with Crippen LogP contribution in [0.5, 0.6) is 5.75 Å². The van der Waals surface area contributed by atoms with Gasteiger partial charge in [-0.3, -0.25) is 10.1 Å². The van der Waals surface area contributed by atoms with E-state index in [1.54, 1.807) is 12.1 Å². The molecule has 20 heavy (non-hydrogen) atoms. The Bertz CT molecular complexity index is 612. The summed E-state index contributed by atoms with van der Waals surface area (Å²) in [6, 6.07) is 9.86. The summed E-state index contributed by atoms with van der Waals surface area (Å²) in [6.07, 6.45) is 0.935. The van der Waals surface area contributed by atoms with Gasteiger partial charge in [-0.05, 0) is 30.7 Å². The molecule has 6 nitrogen and oxygen atoms in total. The second kappa shape index (κ2) is 6.01. The number of nitrogen functional groups attached to an aromatic ring is 1. The van der Waals surface area contributed by atoms with Gasteiger partial charge in [-0.15, -0.1) is 0 Å². The van der Waals surface area contributed by atoms with Gasteiger partial charge in [0.2, 0.25) is 0 Å². The molecule has 0 amide bonds. The van der Waals surface area contributed by atoms with Crippen molar-refractivity contribution < 1.29 is 9.66 Å². The lowest BCUT2D eigenvalue weighted by atomic mass is 10.1. The molecular weight excluding hydrogens is 258 g/mol. The topological polar surface area (TPSA) is 91.3 Å². The van der Waals surface area contributed by atoms with E-state index in [0.717, 1.165) is 17.7 Å². The van der Waals surface area contributed by atoms with E-state index in [9.17, 15) is 10.1 Å². The zero-order valence-corrected chi connectivity index (χ0v) is 11.1. The molecule has 0 saturated carbocycles. The molecule has 0 aliphatic heterocycles. The summed E-state index contributed by atoms with van der Waals surface area (Å²) in [5.41, 5.74) is 6.74. The van der Waals surface area contributed by atoms with Gasteiger partial charge < -0.3 is 10.5 Å². The normalized spacial score (nSPS) is 10.2. The molecule has 0 radical (unpaired) electrons. The van der Waals surface area contributed by atoms with Crippen molar-refractivity contribution in [1.82, 2.24) is 4.98 Å². The second-order valence-corrected chi connectivity index (χ2v) is 4.27. The number of pyridine rings is 1. The molecule has 0 saturated heterocycles. The molecule has 0 unspecified atom stereocenters. The van der Waals surface area contributed by atoms with Gasteiger partial charge in [-0.25, -0.2) is 4.98 Å². The number of nitrogens with zero attached hydrogens (tertiary/aromatic N) is 2. The molecule has 0 aliphatic rings. The molecule has 2 N–H and O–H groups in total. The number of rotatable bonds is 5. The van der Waals surface area contributed by atoms with Crippen LogP contribution in [0.15, 0.2) is 36.4 Å². The summed E-state index contributed by atoms with van der Waals surface area (Å²) in [6.45, 7) is 2.69. The molecule has 1 aromatic heterocycles. The number of aromatic nitrogens is 1. The Morgan fingerprint density at radius 1 is 1.30 bits per heavy atom. The molecule has 6 heteroatoms. The maximum atomic E-state index is 10.8. The predicted molar refractivity (Wildman–Crippen MR) is 76.5 cm³/mol. The molecule has 1 aromatic carbocycles. The minimum atomic E-state index is -0.486. The van der Waals surface area contributed by atoms with E-state index in [0.29, 0.717) is 12.3 Å². The second-order valence-electron chi connectivity index (χ2n) is 4.27. The highest BCUT2D eigenvalue weighted by molar-refractivity contribution is 5.65. The van der Waals surface area contributed by atoms with Crippen LogP contribution in [0.25, 0.3) is 11.3 Å². The maximum Gasteiger partial charge on any atom is 0.275 e. The first-order valence-corrected chi connectivity index (χ1v) is 6.25. The van der Waals surface area contributed by atoms with Crippen LogP contribution in [0.1, 0.15) is 13.3 Å². The van der Waals surface area contributed by atoms with Crippen LogP contribution in [0.4, 0.5) is 11.5 Å². The van der Waals surface area contributed by atoms with Crippen molar-refractivity contribution in [3.8, 4) is 17.0 Å². The standard InChI is InChI=1S/C14H15N3O3/c1-2-7-20-12-5-3-10(4-6-12)13-8-11(17(18)19)9-14(15)16-13/h3-6,8-9H,2,7H2,1H3,(H2,15,16). The summed E-state index contributed by atoms with van der Waals surface area (Å²) in [5, 5.41) is 10.8. The van der Waals surface area contributed by atoms with Crippen LogP contribution < -0.4 is 10.5 Å². The number of nitro groups is 1. The number of anilines is 1. The van der Waals surface area contributed by atoms with Crippen molar-refractivity contribution >= 4 is 11.5 Å². The van der Waals surface area contributed by atoms with Gasteiger partial charge in [-0.2, -0.15) is 0 Å². The highest BCUT2D eigenvalue weighted by Gasteiger charge is 2.11. The highest BCUT2D eigenvalue weighted by atomic mass is 16.6. The molecule has 2 aromatic rings. The lowest BCUT2D eigenvalue weighted by Crippen LogP contribution is -1.97. The zero-order chi connectivity index (χ0) is 14.5. The first-order chi connectivity index (χ1) is 9.60. The van der Waals surface area contributed by atoms with Crippen LogP contribution in [0.2, 0.25) is 0 Å². The SMILES string of the molecule is CCCOc1ccc(-c2cc([N+](=O)[O-])cc(N)n2)cc1. The Morgan fingerprint density at radius 3 is 2.60 bits per heavy atom. The minimum Gasteiger partial charge on any atom is -0.494 e. The number of nitrogens with two attached hydrogens (primary N) is 1. The van der Waals surface area contributed by atoms with E-state index in [4.69, 9.17) is 10.5 Å². The summed E-state index contributed by atoms with van der Waals surface area (Å²) < 4.78 is 5.48. The van der Waals surface area contributed by atoms with Crippen molar-refractivity contribution in [3.63, 3.8) is 0 Å². The molecule has 2 rings (SSSR count). The van der Waals surface area contributed by atoms with Gasteiger partial charge in [0.25, 0.3) is 5.69 Å². The quantitative estimate of drug-likeness (QED) is 0.667. The van der Waals surface area contributed by atoms with Crippen LogP contribution in [0.3, 0.4) is 0 Å². The molecule has 104 valence electrons. The molecule has 0 spiro atoms. The van der Waals surface area contributed by atoms with Gasteiger partial charge in [0.1, 0.15) is 11.6 Å². The number of hydrogen-bond acceptors (Lipinski definition) is 5. The number of benzene rings is 1. The molecule has 0 atom stereocenters. The fourth-order valence-corrected chi connectivity index (χ4v) is 1.73. The fraction of sp³-hybridized carbons (Fsp3) is 0.214. The molecule has 0 fully saturated rings. The van der Waals surface area contributed by atoms with Crippen molar-refractivity contribution in [1.29, 1.82) is 0 Å². The fourth-order valence-electron chi connectivity index (χ4n) is 1.73. The van der Waals surface area contributed by atoms with Gasteiger partial charge in [-0.1, -0.05) is 6.92 Å². The Morgan fingerprint density at radius 2 is 2.00 bits per heavy atom. The Kier molecular flexibility index (Phi) is 4.14. The van der Waals surface area contributed by atoms with E-state index in [2.05, 4.69) is 4.98 Å². The Balaban J connectivity index is 2.29. The Labute approximate surface area is 116 Å². The van der Waals surface area contributed by atoms with Crippen LogP contribution in [-0.4, -0.2) is 16.5 Å². The van der Waals surface area contributed by atoms with Gasteiger partial charge in [0, 0.05) is 11.6 Å². The van der Waals surface area contributed by atoms with E-state index >= 15 is 0 Å². The number of ether oxygens (including phenoxy) is 1. The Hall–Kier alpha value is -2.63. The third-order valence-corrected chi connectivity index (χ3v) is 2.66. The van der Waals surface area contributed by atoms with E-state index in [1.807, 2.05) is 19.1 Å². The zero-order valence-electron chi connectivity index (χ0n) is 11.1. The van der Waals surface area contributed by atoms with E-state index in [-0.39, 0.29) is 11.5 Å². The first kappa shape index (κ1) is 13.8. The smallest absolute Gasteiger partial charge is 0.275 e. The maximum absolute atomic E-state index is 10.8. The average Bonchev–Trinajstić information content (AvgIpc) is 2.45. The third kappa shape index (κ3) is 3.23. The largest absolute Gasteiger partial charge is 0.494 e. The third-order valence-electron chi connectivity index (χ3n) is 2.66.